The SMILES string of the molecule is N#Cc1c(N)sc2c(F)ccc(-c3c(F)c4nc(OCC5(CN6CCC(F)(F)C6)CC5)nc(N5CC6CCC(C5)N6)c4c(=O)n3C3CC3)c12. The highest BCUT2D eigenvalue weighted by molar-refractivity contribution is 7.23. The summed E-state index contributed by atoms with van der Waals surface area (Å²) in [5, 5.41) is 13.9. The van der Waals surface area contributed by atoms with Crippen molar-refractivity contribution in [3.8, 4) is 23.3 Å². The first kappa shape index (κ1) is 31.0. The summed E-state index contributed by atoms with van der Waals surface area (Å²) in [6, 6.07) is 4.62. The smallest absolute Gasteiger partial charge is 0.319 e. The molecular weight excluding hydrogens is 660 g/mol. The Morgan fingerprint density at radius 1 is 1.08 bits per heavy atom. The van der Waals surface area contributed by atoms with Crippen molar-refractivity contribution in [3.05, 3.63) is 39.7 Å². The first-order valence-corrected chi connectivity index (χ1v) is 17.7. The molecule has 4 aromatic rings. The highest BCUT2D eigenvalue weighted by atomic mass is 32.1. The second kappa shape index (κ2) is 11.0. The van der Waals surface area contributed by atoms with E-state index >= 15 is 8.78 Å². The van der Waals surface area contributed by atoms with Gasteiger partial charge in [0, 0.05) is 67.1 Å². The number of aromatic nitrogens is 3. The van der Waals surface area contributed by atoms with E-state index in [9.17, 15) is 18.8 Å². The molecule has 3 saturated heterocycles. The molecule has 3 N–H and O–H groups in total. The Morgan fingerprint density at radius 2 is 1.84 bits per heavy atom. The summed E-state index contributed by atoms with van der Waals surface area (Å²) in [5.74, 6) is -3.79. The lowest BCUT2D eigenvalue weighted by molar-refractivity contribution is 0.00932. The van der Waals surface area contributed by atoms with Crippen LogP contribution in [0.3, 0.4) is 0 Å². The Bertz CT molecular complexity index is 2130. The van der Waals surface area contributed by atoms with Gasteiger partial charge >= 0.3 is 6.01 Å². The second-order valence-corrected chi connectivity index (χ2v) is 15.6. The zero-order valence-electron chi connectivity index (χ0n) is 26.6. The summed E-state index contributed by atoms with van der Waals surface area (Å²) in [6.07, 6.45) is 4.68. The molecule has 9 rings (SSSR count). The summed E-state index contributed by atoms with van der Waals surface area (Å²) in [7, 11) is 0. The molecule has 2 unspecified atom stereocenters. The molecule has 10 nitrogen and oxygen atoms in total. The number of thiophene rings is 1. The summed E-state index contributed by atoms with van der Waals surface area (Å²) in [6.45, 7) is 1.80. The van der Waals surface area contributed by atoms with Crippen molar-refractivity contribution in [1.82, 2.24) is 24.8 Å². The van der Waals surface area contributed by atoms with Gasteiger partial charge in [-0.05, 0) is 50.7 Å². The van der Waals surface area contributed by atoms with Crippen LogP contribution in [-0.4, -0.2) is 76.8 Å². The first-order valence-electron chi connectivity index (χ1n) is 16.8. The number of hydrogen-bond donors (Lipinski definition) is 2. The van der Waals surface area contributed by atoms with Gasteiger partial charge in [-0.1, -0.05) is 0 Å². The molecule has 0 amide bonds. The Kier molecular flexibility index (Phi) is 6.96. The van der Waals surface area contributed by atoms with Crippen molar-refractivity contribution in [1.29, 1.82) is 5.26 Å². The second-order valence-electron chi connectivity index (χ2n) is 14.5. The monoisotopic (exact) mass is 694 g/mol. The number of nitrogens with zero attached hydrogens (tertiary/aromatic N) is 6. The number of ether oxygens (including phenoxy) is 1. The molecule has 2 bridgehead atoms. The van der Waals surface area contributed by atoms with Gasteiger partial charge in [-0.25, -0.2) is 17.6 Å². The lowest BCUT2D eigenvalue weighted by Crippen LogP contribution is -2.51. The molecule has 2 saturated carbocycles. The molecule has 3 aliphatic heterocycles. The Hall–Kier alpha value is -4.00. The van der Waals surface area contributed by atoms with Crippen LogP contribution in [0.1, 0.15) is 56.6 Å². The number of nitriles is 1. The number of nitrogens with one attached hydrogen (secondary N) is 1. The number of nitrogens with two attached hydrogens (primary N) is 1. The Labute approximate surface area is 282 Å². The van der Waals surface area contributed by atoms with E-state index < -0.39 is 23.1 Å². The number of rotatable bonds is 8. The zero-order chi connectivity index (χ0) is 33.8. The third-order valence-corrected chi connectivity index (χ3v) is 11.9. The molecule has 2 aliphatic carbocycles. The van der Waals surface area contributed by atoms with Gasteiger partial charge in [0.15, 0.2) is 5.82 Å². The minimum absolute atomic E-state index is 0.0259. The predicted octanol–water partition coefficient (Wildman–Crippen LogP) is 5.18. The maximum Gasteiger partial charge on any atom is 0.319 e. The highest BCUT2D eigenvalue weighted by Crippen LogP contribution is 2.48. The largest absolute Gasteiger partial charge is 0.463 e. The van der Waals surface area contributed by atoms with Crippen LogP contribution >= 0.6 is 11.3 Å². The summed E-state index contributed by atoms with van der Waals surface area (Å²) in [5.41, 5.74) is 5.23. The van der Waals surface area contributed by atoms with Crippen LogP contribution in [0.25, 0.3) is 32.2 Å². The first-order chi connectivity index (χ1) is 23.5. The van der Waals surface area contributed by atoms with Gasteiger partial charge in [-0.15, -0.1) is 11.3 Å². The average molecular weight is 695 g/mol. The van der Waals surface area contributed by atoms with Gasteiger partial charge in [0.1, 0.15) is 33.6 Å². The number of pyridine rings is 1. The number of nitrogen functional groups attached to an aromatic ring is 1. The van der Waals surface area contributed by atoms with E-state index in [4.69, 9.17) is 15.5 Å². The van der Waals surface area contributed by atoms with Crippen LogP contribution in [0.2, 0.25) is 0 Å². The molecule has 0 radical (unpaired) electrons. The van der Waals surface area contributed by atoms with Crippen LogP contribution in [0.5, 0.6) is 6.01 Å². The van der Waals surface area contributed by atoms with Crippen molar-refractivity contribution < 1.29 is 22.3 Å². The molecule has 2 atom stereocenters. The van der Waals surface area contributed by atoms with Gasteiger partial charge in [-0.2, -0.15) is 15.2 Å². The standard InChI is InChI=1S/C34H34F4N8O2S/c35-22-6-5-20(23-21(11-39)29(40)49-28(22)23)27-25(36)26-24(31(47)46(27)19-3-4-19)30(45-12-17-1-2-18(13-45)41-17)43-32(42-26)48-16-33(7-8-33)14-44-10-9-34(37,38)15-44/h5-6,17-19,41H,1-4,7-10,12-16,40H2. The van der Waals surface area contributed by atoms with Gasteiger partial charge in [0.05, 0.1) is 29.1 Å². The van der Waals surface area contributed by atoms with E-state index in [1.807, 2.05) is 11.0 Å². The van der Waals surface area contributed by atoms with Crippen molar-refractivity contribution in [2.75, 3.05) is 50.0 Å². The van der Waals surface area contributed by atoms with E-state index in [-0.39, 0.29) is 91.9 Å². The number of hydrogen-bond acceptors (Lipinski definition) is 10. The van der Waals surface area contributed by atoms with Crippen LogP contribution in [-0.2, 0) is 0 Å². The van der Waals surface area contributed by atoms with Gasteiger partial charge in [0.2, 0.25) is 0 Å². The molecular formula is C34H34F4N8O2S. The van der Waals surface area contributed by atoms with Crippen LogP contribution in [0.15, 0.2) is 16.9 Å². The van der Waals surface area contributed by atoms with Crippen molar-refractivity contribution in [3.63, 3.8) is 0 Å². The fourth-order valence-electron chi connectivity index (χ4n) is 8.07. The number of alkyl halides is 2. The molecule has 5 fully saturated rings. The Morgan fingerprint density at radius 3 is 2.49 bits per heavy atom. The molecule has 15 heteroatoms. The molecule has 49 heavy (non-hydrogen) atoms. The van der Waals surface area contributed by atoms with Gasteiger partial charge in [0.25, 0.3) is 11.5 Å². The van der Waals surface area contributed by atoms with Crippen LogP contribution in [0, 0.1) is 28.4 Å². The number of halogens is 4. The van der Waals surface area contributed by atoms with E-state index in [1.165, 1.54) is 16.7 Å². The molecule has 3 aromatic heterocycles. The summed E-state index contributed by atoms with van der Waals surface area (Å²) < 4.78 is 68.0. The fraction of sp³-hybridized carbons (Fsp3) is 0.529. The lowest BCUT2D eigenvalue weighted by atomic mass is 10.0. The lowest BCUT2D eigenvalue weighted by Gasteiger charge is -2.34. The fourth-order valence-corrected chi connectivity index (χ4v) is 9.02. The minimum atomic E-state index is -2.70. The average Bonchev–Trinajstić information content (AvgIpc) is 3.97. The van der Waals surface area contributed by atoms with Crippen LogP contribution in [0.4, 0.5) is 28.4 Å². The normalized spacial score (nSPS) is 24.2. The third-order valence-electron chi connectivity index (χ3n) is 10.8. The van der Waals surface area contributed by atoms with Crippen LogP contribution < -0.4 is 26.2 Å². The number of benzene rings is 1. The Balaban J connectivity index is 1.20. The highest BCUT2D eigenvalue weighted by Gasteiger charge is 2.48. The van der Waals surface area contributed by atoms with E-state index in [1.54, 1.807) is 4.90 Å². The third kappa shape index (κ3) is 5.21. The number of anilines is 2. The van der Waals surface area contributed by atoms with Crippen molar-refractivity contribution >= 4 is 43.1 Å². The molecule has 6 heterocycles. The topological polar surface area (TPSA) is 125 Å². The number of likely N-dealkylation sites (tertiary alicyclic amines) is 1. The van der Waals surface area contributed by atoms with Crippen molar-refractivity contribution in [2.45, 2.75) is 69.0 Å². The number of fused-ring (bicyclic) bond motifs is 4. The zero-order valence-corrected chi connectivity index (χ0v) is 27.4. The summed E-state index contributed by atoms with van der Waals surface area (Å²) in [4.78, 5) is 27.7. The quantitative estimate of drug-likeness (QED) is 0.240. The molecule has 1 aromatic carbocycles. The van der Waals surface area contributed by atoms with Crippen molar-refractivity contribution in [2.24, 2.45) is 5.41 Å². The molecule has 5 aliphatic rings. The molecule has 256 valence electrons. The predicted molar refractivity (Wildman–Crippen MR) is 177 cm³/mol. The maximum atomic E-state index is 17.4. The van der Waals surface area contributed by atoms with E-state index in [0.717, 1.165) is 37.0 Å². The van der Waals surface area contributed by atoms with E-state index in [2.05, 4.69) is 10.3 Å². The molecule has 0 spiro atoms. The van der Waals surface area contributed by atoms with E-state index in [0.29, 0.717) is 44.8 Å². The van der Waals surface area contributed by atoms with Gasteiger partial charge in [-0.3, -0.25) is 9.69 Å². The van der Waals surface area contributed by atoms with Gasteiger partial charge < -0.3 is 25.3 Å². The summed E-state index contributed by atoms with van der Waals surface area (Å²) >= 11 is 0.905. The minimum Gasteiger partial charge on any atom is -0.463 e. The maximum absolute atomic E-state index is 17.4. The number of piperazine rings is 1.